The topological polar surface area (TPSA) is 104 Å². The molecule has 1 atom stereocenters. The monoisotopic (exact) mass is 385 g/mol. The summed E-state index contributed by atoms with van der Waals surface area (Å²) in [6.45, 7) is 1.98. The molecule has 0 fully saturated rings. The fourth-order valence-corrected chi connectivity index (χ4v) is 2.94. The van der Waals surface area contributed by atoms with Crippen molar-refractivity contribution in [2.75, 3.05) is 13.7 Å². The molecule has 0 aliphatic heterocycles. The summed E-state index contributed by atoms with van der Waals surface area (Å²) in [5, 5.41) is 13.0. The molecule has 0 aliphatic rings. The molecule has 8 heteroatoms. The number of aromatic nitrogens is 2. The highest BCUT2D eigenvalue weighted by molar-refractivity contribution is 6.01. The van der Waals surface area contributed by atoms with Crippen LogP contribution >= 0.6 is 0 Å². The van der Waals surface area contributed by atoms with Crippen LogP contribution in [-0.4, -0.2) is 40.7 Å². The first kappa shape index (κ1) is 19.5. The lowest BCUT2D eigenvalue weighted by molar-refractivity contribution is 0.0901. The molecule has 2 heterocycles. The van der Waals surface area contributed by atoms with Crippen LogP contribution in [0.5, 0.6) is 5.75 Å². The Morgan fingerprint density at radius 2 is 2.04 bits per heavy atom. The number of aromatic hydroxyl groups is 1. The van der Waals surface area contributed by atoms with E-state index in [1.807, 2.05) is 0 Å². The van der Waals surface area contributed by atoms with Crippen molar-refractivity contribution < 1.29 is 19.0 Å². The first-order valence-corrected chi connectivity index (χ1v) is 8.67. The third-order valence-electron chi connectivity index (χ3n) is 4.22. The molecule has 28 heavy (non-hydrogen) atoms. The fourth-order valence-electron chi connectivity index (χ4n) is 2.94. The van der Waals surface area contributed by atoms with Crippen LogP contribution in [0, 0.1) is 5.82 Å². The van der Waals surface area contributed by atoms with E-state index in [9.17, 15) is 19.1 Å². The lowest BCUT2D eigenvalue weighted by atomic mass is 10.1. The van der Waals surface area contributed by atoms with Crippen LogP contribution in [0.2, 0.25) is 0 Å². The molecular weight excluding hydrogens is 365 g/mol. The van der Waals surface area contributed by atoms with Crippen molar-refractivity contribution >= 4 is 16.9 Å². The Bertz CT molecular complexity index is 1060. The van der Waals surface area contributed by atoms with E-state index in [4.69, 9.17) is 4.74 Å². The van der Waals surface area contributed by atoms with Crippen molar-refractivity contribution in [3.05, 3.63) is 69.4 Å². The van der Waals surface area contributed by atoms with Gasteiger partial charge in [-0.2, -0.15) is 0 Å². The molecule has 3 rings (SSSR count). The Labute approximate surface area is 160 Å². The van der Waals surface area contributed by atoms with Gasteiger partial charge in [-0.05, 0) is 42.7 Å². The maximum atomic E-state index is 13.0. The number of fused-ring (bicyclic) bond motifs is 1. The molecule has 3 aromatic rings. The summed E-state index contributed by atoms with van der Waals surface area (Å²) in [5.41, 5.74) is 0.954. The van der Waals surface area contributed by atoms with Crippen LogP contribution < -0.4 is 10.9 Å². The number of amides is 1. The number of pyridine rings is 2. The number of ether oxygens (including phenoxy) is 1. The molecule has 1 unspecified atom stereocenters. The Kier molecular flexibility index (Phi) is 5.70. The molecule has 0 bridgehead atoms. The lowest BCUT2D eigenvalue weighted by Crippen LogP contribution is -2.38. The maximum absolute atomic E-state index is 13.0. The minimum absolute atomic E-state index is 0.118. The highest BCUT2D eigenvalue weighted by Gasteiger charge is 2.21. The van der Waals surface area contributed by atoms with Crippen LogP contribution in [0.3, 0.4) is 0 Å². The van der Waals surface area contributed by atoms with Crippen molar-refractivity contribution in [3.8, 4) is 5.75 Å². The number of halogens is 1. The Balaban J connectivity index is 1.92. The number of carbonyl (C=O) groups is 1. The summed E-state index contributed by atoms with van der Waals surface area (Å²) in [5.74, 6) is -1.50. The smallest absolute Gasteiger partial charge is 0.265 e. The van der Waals surface area contributed by atoms with E-state index >= 15 is 0 Å². The van der Waals surface area contributed by atoms with Crippen molar-refractivity contribution in [1.82, 2.24) is 15.3 Å². The van der Waals surface area contributed by atoms with E-state index in [1.54, 1.807) is 31.3 Å². The van der Waals surface area contributed by atoms with Crippen molar-refractivity contribution in [2.45, 2.75) is 19.4 Å². The van der Waals surface area contributed by atoms with E-state index in [0.29, 0.717) is 11.9 Å². The van der Waals surface area contributed by atoms with E-state index < -0.39 is 22.8 Å². The zero-order valence-electron chi connectivity index (χ0n) is 15.5. The van der Waals surface area contributed by atoms with Gasteiger partial charge < -0.3 is 20.1 Å². The number of aromatic amines is 1. The van der Waals surface area contributed by atoms with Gasteiger partial charge in [0.1, 0.15) is 16.9 Å². The highest BCUT2D eigenvalue weighted by atomic mass is 19.1. The van der Waals surface area contributed by atoms with Gasteiger partial charge in [-0.15, -0.1) is 0 Å². The van der Waals surface area contributed by atoms with Gasteiger partial charge in [0, 0.05) is 19.3 Å². The van der Waals surface area contributed by atoms with Crippen LogP contribution in [0.1, 0.15) is 28.4 Å². The summed E-state index contributed by atoms with van der Waals surface area (Å²) in [7, 11) is 1.50. The van der Waals surface area contributed by atoms with E-state index in [1.165, 1.54) is 19.2 Å². The number of nitrogens with zero attached hydrogens (tertiary/aromatic N) is 1. The Morgan fingerprint density at radius 3 is 2.71 bits per heavy atom. The van der Waals surface area contributed by atoms with E-state index in [2.05, 4.69) is 15.3 Å². The maximum Gasteiger partial charge on any atom is 0.265 e. The summed E-state index contributed by atoms with van der Waals surface area (Å²) in [6, 6.07) is 7.39. The molecule has 3 N–H and O–H groups in total. The minimum Gasteiger partial charge on any atom is -0.505 e. The molecule has 0 spiro atoms. The van der Waals surface area contributed by atoms with E-state index in [-0.39, 0.29) is 24.0 Å². The van der Waals surface area contributed by atoms with Crippen LogP contribution in [0.25, 0.3) is 11.0 Å². The molecule has 1 amide bonds. The second-order valence-electron chi connectivity index (χ2n) is 6.55. The van der Waals surface area contributed by atoms with Gasteiger partial charge >= 0.3 is 0 Å². The van der Waals surface area contributed by atoms with E-state index in [0.717, 1.165) is 11.1 Å². The van der Waals surface area contributed by atoms with Crippen LogP contribution in [-0.2, 0) is 11.2 Å². The average molecular weight is 385 g/mol. The van der Waals surface area contributed by atoms with Gasteiger partial charge in [0.2, 0.25) is 0 Å². The number of H-pyrrole nitrogens is 1. The Morgan fingerprint density at radius 1 is 1.32 bits per heavy atom. The molecule has 0 aliphatic carbocycles. The minimum atomic E-state index is -0.715. The van der Waals surface area contributed by atoms with Gasteiger partial charge in [0.15, 0.2) is 5.75 Å². The number of rotatable bonds is 6. The fraction of sp³-hybridized carbons (Fsp3) is 0.250. The second kappa shape index (κ2) is 8.18. The molecule has 0 saturated heterocycles. The lowest BCUT2D eigenvalue weighted by Gasteiger charge is -2.13. The van der Waals surface area contributed by atoms with Gasteiger partial charge in [-0.1, -0.05) is 12.1 Å². The largest absolute Gasteiger partial charge is 0.505 e. The summed E-state index contributed by atoms with van der Waals surface area (Å²) < 4.78 is 18.0. The third-order valence-corrected chi connectivity index (χ3v) is 4.22. The molecule has 2 aromatic heterocycles. The van der Waals surface area contributed by atoms with Crippen molar-refractivity contribution in [1.29, 1.82) is 0 Å². The molecule has 7 nitrogen and oxygen atoms in total. The molecular formula is C20H20FN3O4. The standard InChI is InChI=1S/C20H20FN3O4/c1-11(10-28-2)23-19(26)16-18(25)17-15(24-20(16)27)8-13(9-22-17)7-12-3-5-14(21)6-4-12/h3-6,8-9,11H,7,10H2,1-2H3,(H,23,26)(H2,24,25,27). The van der Waals surface area contributed by atoms with Crippen LogP contribution in [0.4, 0.5) is 4.39 Å². The zero-order chi connectivity index (χ0) is 20.3. The normalized spacial score (nSPS) is 12.1. The number of methoxy groups -OCH3 is 1. The molecule has 1 aromatic carbocycles. The zero-order valence-corrected chi connectivity index (χ0v) is 15.5. The van der Waals surface area contributed by atoms with Crippen molar-refractivity contribution in [2.24, 2.45) is 0 Å². The molecule has 0 saturated carbocycles. The first-order valence-electron chi connectivity index (χ1n) is 8.67. The number of benzene rings is 1. The SMILES string of the molecule is COCC(C)NC(=O)c1c(O)c2ncc(Cc3ccc(F)cc3)cc2[nH]c1=O. The van der Waals surface area contributed by atoms with Crippen molar-refractivity contribution in [3.63, 3.8) is 0 Å². The Hall–Kier alpha value is -3.26. The summed E-state index contributed by atoms with van der Waals surface area (Å²) in [6.07, 6.45) is 2.02. The summed E-state index contributed by atoms with van der Waals surface area (Å²) >= 11 is 0. The van der Waals surface area contributed by atoms with Gasteiger partial charge in [-0.3, -0.25) is 14.6 Å². The van der Waals surface area contributed by atoms with Gasteiger partial charge in [0.25, 0.3) is 11.5 Å². The average Bonchev–Trinajstić information content (AvgIpc) is 2.63. The second-order valence-corrected chi connectivity index (χ2v) is 6.55. The number of nitrogens with one attached hydrogen (secondary N) is 2. The third kappa shape index (κ3) is 4.17. The van der Waals surface area contributed by atoms with Crippen LogP contribution in [0.15, 0.2) is 41.3 Å². The predicted octanol–water partition coefficient (Wildman–Crippen LogP) is 2.12. The molecule has 146 valence electrons. The quantitative estimate of drug-likeness (QED) is 0.603. The number of hydrogen-bond acceptors (Lipinski definition) is 5. The van der Waals surface area contributed by atoms with Gasteiger partial charge in [0.05, 0.1) is 12.1 Å². The highest BCUT2D eigenvalue weighted by Crippen LogP contribution is 2.24. The number of carbonyl (C=O) groups excluding carboxylic acids is 1. The first-order chi connectivity index (χ1) is 13.4. The predicted molar refractivity (Wildman–Crippen MR) is 102 cm³/mol. The van der Waals surface area contributed by atoms with Gasteiger partial charge in [-0.25, -0.2) is 4.39 Å². The summed E-state index contributed by atoms with van der Waals surface area (Å²) in [4.78, 5) is 31.5. The number of hydrogen-bond donors (Lipinski definition) is 3. The molecule has 0 radical (unpaired) electrons.